The van der Waals surface area contributed by atoms with Crippen molar-refractivity contribution in [2.45, 2.75) is 57.3 Å². The molecule has 2 fully saturated rings. The number of hydrogen-bond acceptors (Lipinski definition) is 1. The van der Waals surface area contributed by atoms with Crippen LogP contribution < -0.4 is 25.0 Å². The Bertz CT molecular complexity index is 588. The van der Waals surface area contributed by atoms with Crippen LogP contribution >= 0.6 is 0 Å². The summed E-state index contributed by atoms with van der Waals surface area (Å²) in [6.07, 6.45) is 11.6. The molecule has 0 saturated heterocycles. The van der Waals surface area contributed by atoms with Gasteiger partial charge in [0.25, 0.3) is 0 Å². The van der Waals surface area contributed by atoms with Crippen LogP contribution in [-0.2, 0) is 0 Å². The molecule has 0 atom stereocenters. The zero-order chi connectivity index (χ0) is 17.8. The van der Waals surface area contributed by atoms with E-state index in [4.69, 9.17) is 0 Å². The molecule has 0 aromatic heterocycles. The first-order chi connectivity index (χ1) is 12.1. The molecule has 0 bridgehead atoms. The van der Waals surface area contributed by atoms with E-state index in [1.165, 1.54) is 25.7 Å². The molecule has 0 spiro atoms. The van der Waals surface area contributed by atoms with Crippen LogP contribution in [0.4, 0.5) is 14.5 Å². The zero-order valence-electron chi connectivity index (χ0n) is 15.0. The summed E-state index contributed by atoms with van der Waals surface area (Å²) in [4.78, 5) is 1.99. The molecule has 3 rings (SSSR count). The van der Waals surface area contributed by atoms with Gasteiger partial charge < -0.3 is 0 Å². The first-order valence-electron chi connectivity index (χ1n) is 9.49. The molecule has 0 radical (unpaired) electrons. The fourth-order valence-electron chi connectivity index (χ4n) is 4.81. The number of allylic oxidation sites excluding steroid dienone is 1. The molecule has 25 heavy (non-hydrogen) atoms. The number of anilines is 1. The van der Waals surface area contributed by atoms with E-state index in [1.807, 2.05) is 4.93 Å². The molecular formula is C21H29F2IN-. The van der Waals surface area contributed by atoms with Crippen molar-refractivity contribution < 1.29 is 30.3 Å². The second kappa shape index (κ2) is 8.83. The molecule has 2 aliphatic rings. The fourth-order valence-corrected chi connectivity index (χ4v) is 5.81. The predicted octanol–water partition coefficient (Wildman–Crippen LogP) is 3.28. The Morgan fingerprint density at radius 2 is 1.56 bits per heavy atom. The van der Waals surface area contributed by atoms with E-state index in [0.29, 0.717) is 17.2 Å². The van der Waals surface area contributed by atoms with E-state index in [2.05, 4.69) is 16.2 Å². The van der Waals surface area contributed by atoms with E-state index in [0.717, 1.165) is 37.5 Å². The molecule has 1 aromatic rings. The van der Waals surface area contributed by atoms with Gasteiger partial charge in [0.2, 0.25) is 0 Å². The van der Waals surface area contributed by atoms with Crippen LogP contribution in [0.15, 0.2) is 24.8 Å². The Balaban J connectivity index is 1.59. The van der Waals surface area contributed by atoms with Crippen molar-refractivity contribution >= 4 is 5.69 Å². The van der Waals surface area contributed by atoms with Crippen LogP contribution in [0, 0.1) is 29.4 Å². The molecule has 0 heterocycles. The maximum atomic E-state index is 14.5. The van der Waals surface area contributed by atoms with Gasteiger partial charge >= 0.3 is 143 Å². The van der Waals surface area contributed by atoms with Gasteiger partial charge in [-0.1, -0.05) is 6.08 Å². The molecule has 1 N–H and O–H groups in total. The van der Waals surface area contributed by atoms with Gasteiger partial charge in [-0.25, -0.2) is 0 Å². The van der Waals surface area contributed by atoms with Crippen LogP contribution in [-0.4, -0.2) is 4.93 Å². The van der Waals surface area contributed by atoms with Gasteiger partial charge in [0, 0.05) is 0 Å². The molecule has 1 nitrogen and oxygen atoms in total. The van der Waals surface area contributed by atoms with Crippen LogP contribution in [0.1, 0.15) is 62.8 Å². The summed E-state index contributed by atoms with van der Waals surface area (Å²) in [7, 11) is 0. The van der Waals surface area contributed by atoms with Gasteiger partial charge in [-0.2, -0.15) is 0 Å². The van der Waals surface area contributed by atoms with Crippen molar-refractivity contribution in [3.05, 3.63) is 42.0 Å². The Morgan fingerprint density at radius 3 is 2.12 bits per heavy atom. The van der Waals surface area contributed by atoms with Gasteiger partial charge in [-0.3, -0.25) is 0 Å². The van der Waals surface area contributed by atoms with Crippen LogP contribution in [0.3, 0.4) is 0 Å². The molecule has 2 saturated carbocycles. The second-order valence-corrected chi connectivity index (χ2v) is 9.25. The second-order valence-electron chi connectivity index (χ2n) is 7.64. The van der Waals surface area contributed by atoms with E-state index in [9.17, 15) is 8.78 Å². The Hall–Kier alpha value is -0.650. The molecular weight excluding hydrogens is 431 g/mol. The van der Waals surface area contributed by atoms with E-state index in [1.54, 1.807) is 12.1 Å². The average molecular weight is 460 g/mol. The van der Waals surface area contributed by atoms with Crippen LogP contribution in [0.25, 0.3) is 0 Å². The van der Waals surface area contributed by atoms with Gasteiger partial charge in [-0.05, 0) is 5.92 Å². The summed E-state index contributed by atoms with van der Waals surface area (Å²) in [6.45, 7) is 3.93. The van der Waals surface area contributed by atoms with Crippen LogP contribution in [0.5, 0.6) is 0 Å². The average Bonchev–Trinajstić information content (AvgIpc) is 2.66. The van der Waals surface area contributed by atoms with Crippen molar-refractivity contribution in [2.75, 3.05) is 8.46 Å². The summed E-state index contributed by atoms with van der Waals surface area (Å²) >= 11 is -0.308. The number of benzene rings is 1. The van der Waals surface area contributed by atoms with Crippen molar-refractivity contribution in [2.24, 2.45) is 17.8 Å². The normalized spacial score (nSPS) is 30.2. The number of alkyl halides is 1. The van der Waals surface area contributed by atoms with Crippen LogP contribution in [0.2, 0.25) is 0 Å². The predicted molar refractivity (Wildman–Crippen MR) is 96.2 cm³/mol. The number of hydrogen-bond donors (Lipinski definition) is 1. The van der Waals surface area contributed by atoms with Crippen molar-refractivity contribution in [3.63, 3.8) is 0 Å². The fraction of sp³-hybridized carbons (Fsp3) is 0.619. The summed E-state index contributed by atoms with van der Waals surface area (Å²) < 4.78 is 31.7. The molecule has 1 aromatic carbocycles. The quantitative estimate of drug-likeness (QED) is 0.308. The Kier molecular flexibility index (Phi) is 6.75. The Labute approximate surface area is 161 Å². The molecule has 140 valence electrons. The van der Waals surface area contributed by atoms with Gasteiger partial charge in [0.1, 0.15) is 0 Å². The molecule has 0 unspecified atom stereocenters. The summed E-state index contributed by atoms with van der Waals surface area (Å²) in [5, 5.41) is 0. The summed E-state index contributed by atoms with van der Waals surface area (Å²) in [5.74, 6) is 1.18. The number of halogens is 3. The third-order valence-electron chi connectivity index (χ3n) is 6.34. The van der Waals surface area contributed by atoms with Gasteiger partial charge in [-0.15, -0.1) is 6.58 Å². The first-order valence-corrected chi connectivity index (χ1v) is 12.7. The third-order valence-corrected chi connectivity index (χ3v) is 7.46. The zero-order valence-corrected chi connectivity index (χ0v) is 17.2. The number of nitrogens with one attached hydrogen (secondary N) is 1. The van der Waals surface area contributed by atoms with Gasteiger partial charge in [0.15, 0.2) is 0 Å². The minimum atomic E-state index is -0.691. The summed E-state index contributed by atoms with van der Waals surface area (Å²) in [6, 6.07) is 3.53. The number of rotatable bonds is 5. The first kappa shape index (κ1) is 19.1. The SMILES string of the molecule is C=CC1CCC(C2CCC(c3ccc(N[I-]C)c(F)c3F)CC2)CC1. The maximum absolute atomic E-state index is 14.5. The third kappa shape index (κ3) is 4.37. The topological polar surface area (TPSA) is 12.0 Å². The van der Waals surface area contributed by atoms with Crippen molar-refractivity contribution in [3.8, 4) is 0 Å². The Morgan fingerprint density at radius 1 is 0.960 bits per heavy atom. The van der Waals surface area contributed by atoms with E-state index in [-0.39, 0.29) is 27.4 Å². The molecule has 0 aliphatic heterocycles. The molecule has 0 amide bonds. The monoisotopic (exact) mass is 460 g/mol. The van der Waals surface area contributed by atoms with Crippen molar-refractivity contribution in [1.29, 1.82) is 0 Å². The molecule has 2 aliphatic carbocycles. The standard InChI is InChI=1S/C21H29F2IN/c1-3-14-4-6-15(7-5-14)16-8-10-17(11-9-16)18-12-13-19(25-24-2)21(23)20(18)22/h3,12-17,25H,1,4-11H2,2H3/q-1. The van der Waals surface area contributed by atoms with E-state index >= 15 is 0 Å². The van der Waals surface area contributed by atoms with Gasteiger partial charge in [0.05, 0.1) is 0 Å². The minimum absolute atomic E-state index is 0.181. The van der Waals surface area contributed by atoms with E-state index < -0.39 is 11.6 Å². The molecule has 4 heteroatoms. The van der Waals surface area contributed by atoms with Crippen molar-refractivity contribution in [1.82, 2.24) is 0 Å². The summed E-state index contributed by atoms with van der Waals surface area (Å²) in [5.41, 5.74) is 0.912.